The number of nitrogens with one attached hydrogen (secondary N) is 2. The highest BCUT2D eigenvalue weighted by molar-refractivity contribution is 5.95. The van der Waals surface area contributed by atoms with E-state index in [4.69, 9.17) is 0 Å². The predicted octanol–water partition coefficient (Wildman–Crippen LogP) is 3.33. The van der Waals surface area contributed by atoms with Gasteiger partial charge in [-0.1, -0.05) is 12.2 Å². The number of hydrogen-bond acceptors (Lipinski definition) is 1. The molecule has 1 aliphatic rings. The lowest BCUT2D eigenvalue weighted by Gasteiger charge is -2.14. The van der Waals surface area contributed by atoms with Crippen molar-refractivity contribution in [3.63, 3.8) is 0 Å². The molecule has 0 saturated carbocycles. The van der Waals surface area contributed by atoms with Gasteiger partial charge in [0.2, 0.25) is 0 Å². The SMILES string of the molecule is CC1C=CC(c2c[nH]c3cc(F)c(F)cc23)=CN1. The Labute approximate surface area is 103 Å². The monoisotopic (exact) mass is 246 g/mol. The normalized spacial score (nSPS) is 18.8. The summed E-state index contributed by atoms with van der Waals surface area (Å²) >= 11 is 0. The van der Waals surface area contributed by atoms with Gasteiger partial charge < -0.3 is 10.3 Å². The van der Waals surface area contributed by atoms with Crippen molar-refractivity contribution in [2.24, 2.45) is 0 Å². The number of aromatic nitrogens is 1. The van der Waals surface area contributed by atoms with Crippen LogP contribution in [0.1, 0.15) is 12.5 Å². The van der Waals surface area contributed by atoms with Crippen molar-refractivity contribution in [2.75, 3.05) is 0 Å². The van der Waals surface area contributed by atoms with Crippen LogP contribution in [-0.4, -0.2) is 11.0 Å². The summed E-state index contributed by atoms with van der Waals surface area (Å²) in [5, 5.41) is 3.86. The van der Waals surface area contributed by atoms with Crippen LogP contribution in [-0.2, 0) is 0 Å². The third-order valence-electron chi connectivity index (χ3n) is 3.10. The van der Waals surface area contributed by atoms with Crippen molar-refractivity contribution in [3.8, 4) is 0 Å². The van der Waals surface area contributed by atoms with E-state index < -0.39 is 11.6 Å². The van der Waals surface area contributed by atoms with Gasteiger partial charge in [0.15, 0.2) is 11.6 Å². The van der Waals surface area contributed by atoms with Crippen LogP contribution in [0.5, 0.6) is 0 Å². The molecule has 3 rings (SSSR count). The first kappa shape index (κ1) is 11.0. The summed E-state index contributed by atoms with van der Waals surface area (Å²) in [6.45, 7) is 2.04. The number of benzene rings is 1. The first-order chi connectivity index (χ1) is 8.65. The van der Waals surface area contributed by atoms with Crippen LogP contribution in [0.25, 0.3) is 16.5 Å². The molecule has 0 bridgehead atoms. The Morgan fingerprint density at radius 2 is 1.94 bits per heavy atom. The average Bonchev–Trinajstić information content (AvgIpc) is 2.74. The zero-order valence-corrected chi connectivity index (χ0v) is 9.80. The summed E-state index contributed by atoms with van der Waals surface area (Å²) in [7, 11) is 0. The number of allylic oxidation sites excluding steroid dienone is 2. The molecule has 0 spiro atoms. The van der Waals surface area contributed by atoms with Crippen molar-refractivity contribution < 1.29 is 8.78 Å². The van der Waals surface area contributed by atoms with Gasteiger partial charge in [0.1, 0.15) is 0 Å². The van der Waals surface area contributed by atoms with Crippen LogP contribution in [0.2, 0.25) is 0 Å². The molecule has 0 aliphatic carbocycles. The molecule has 1 aromatic heterocycles. The number of aromatic amines is 1. The van der Waals surface area contributed by atoms with Gasteiger partial charge >= 0.3 is 0 Å². The standard InChI is InChI=1S/C14H12F2N2/c1-8-2-3-9(6-17-8)11-7-18-14-5-13(16)12(15)4-10(11)14/h2-8,17-18H,1H3. The fraction of sp³-hybridized carbons (Fsp3) is 0.143. The molecule has 0 amide bonds. The Balaban J connectivity index is 2.14. The quantitative estimate of drug-likeness (QED) is 0.793. The lowest BCUT2D eigenvalue weighted by atomic mass is 10.0. The van der Waals surface area contributed by atoms with E-state index in [9.17, 15) is 8.78 Å². The molecule has 4 heteroatoms. The molecule has 0 saturated heterocycles. The molecule has 1 aliphatic heterocycles. The van der Waals surface area contributed by atoms with Crippen LogP contribution in [0, 0.1) is 11.6 Å². The van der Waals surface area contributed by atoms with Gasteiger partial charge in [-0.2, -0.15) is 0 Å². The lowest BCUT2D eigenvalue weighted by Crippen LogP contribution is -2.20. The Hall–Kier alpha value is -2.10. The second kappa shape index (κ2) is 3.98. The van der Waals surface area contributed by atoms with Gasteiger partial charge in [-0.15, -0.1) is 0 Å². The lowest BCUT2D eigenvalue weighted by molar-refractivity contribution is 0.511. The molecule has 1 unspecified atom stereocenters. The number of fused-ring (bicyclic) bond motifs is 1. The van der Waals surface area contributed by atoms with E-state index in [1.807, 2.05) is 25.3 Å². The fourth-order valence-electron chi connectivity index (χ4n) is 2.10. The van der Waals surface area contributed by atoms with Crippen LogP contribution in [0.3, 0.4) is 0 Å². The third kappa shape index (κ3) is 1.70. The summed E-state index contributed by atoms with van der Waals surface area (Å²) in [6.07, 6.45) is 7.64. The van der Waals surface area contributed by atoms with Crippen molar-refractivity contribution in [1.82, 2.24) is 10.3 Å². The highest BCUT2D eigenvalue weighted by Gasteiger charge is 2.12. The topological polar surface area (TPSA) is 27.8 Å². The van der Waals surface area contributed by atoms with Crippen LogP contribution in [0.15, 0.2) is 36.7 Å². The first-order valence-electron chi connectivity index (χ1n) is 5.76. The van der Waals surface area contributed by atoms with Crippen molar-refractivity contribution in [1.29, 1.82) is 0 Å². The second-order valence-electron chi connectivity index (χ2n) is 4.43. The fourth-order valence-corrected chi connectivity index (χ4v) is 2.10. The number of hydrogen-bond donors (Lipinski definition) is 2. The smallest absolute Gasteiger partial charge is 0.160 e. The Morgan fingerprint density at radius 1 is 1.17 bits per heavy atom. The molecule has 2 N–H and O–H groups in total. The minimum absolute atomic E-state index is 0.285. The number of halogens is 2. The van der Waals surface area contributed by atoms with E-state index in [-0.39, 0.29) is 6.04 Å². The predicted molar refractivity (Wildman–Crippen MR) is 67.9 cm³/mol. The van der Waals surface area contributed by atoms with E-state index >= 15 is 0 Å². The molecular weight excluding hydrogens is 234 g/mol. The largest absolute Gasteiger partial charge is 0.384 e. The molecule has 92 valence electrons. The number of dihydropyridines is 1. The zero-order chi connectivity index (χ0) is 12.7. The number of H-pyrrole nitrogens is 1. The van der Waals surface area contributed by atoms with E-state index in [1.165, 1.54) is 12.1 Å². The van der Waals surface area contributed by atoms with E-state index in [0.29, 0.717) is 10.9 Å². The van der Waals surface area contributed by atoms with Crippen LogP contribution in [0.4, 0.5) is 8.78 Å². The Kier molecular flexibility index (Phi) is 2.44. The summed E-state index contributed by atoms with van der Waals surface area (Å²) in [6, 6.07) is 2.69. The second-order valence-corrected chi connectivity index (χ2v) is 4.43. The molecule has 1 atom stereocenters. The highest BCUT2D eigenvalue weighted by Crippen LogP contribution is 2.28. The summed E-state index contributed by atoms with van der Waals surface area (Å²) in [5.74, 6) is -1.67. The average molecular weight is 246 g/mol. The zero-order valence-electron chi connectivity index (χ0n) is 9.80. The third-order valence-corrected chi connectivity index (χ3v) is 3.10. The molecule has 0 fully saturated rings. The Morgan fingerprint density at radius 3 is 2.67 bits per heavy atom. The van der Waals surface area contributed by atoms with Crippen molar-refractivity contribution in [2.45, 2.75) is 13.0 Å². The Bertz CT molecular complexity index is 668. The first-order valence-corrected chi connectivity index (χ1v) is 5.76. The van der Waals surface area contributed by atoms with Gasteiger partial charge in [-0.3, -0.25) is 0 Å². The van der Waals surface area contributed by atoms with Crippen molar-refractivity contribution >= 4 is 16.5 Å². The summed E-state index contributed by atoms with van der Waals surface area (Å²) in [5.41, 5.74) is 2.40. The molecular formula is C14H12F2N2. The summed E-state index contributed by atoms with van der Waals surface area (Å²) in [4.78, 5) is 2.96. The van der Waals surface area contributed by atoms with E-state index in [1.54, 1.807) is 6.20 Å². The summed E-state index contributed by atoms with van der Waals surface area (Å²) < 4.78 is 26.4. The molecule has 18 heavy (non-hydrogen) atoms. The minimum atomic E-state index is -0.837. The van der Waals surface area contributed by atoms with E-state index in [2.05, 4.69) is 10.3 Å². The van der Waals surface area contributed by atoms with Gasteiger partial charge in [-0.05, 0) is 18.6 Å². The number of rotatable bonds is 1. The molecule has 1 aromatic carbocycles. The highest BCUT2D eigenvalue weighted by atomic mass is 19.2. The maximum atomic E-state index is 13.3. The van der Waals surface area contributed by atoms with E-state index in [0.717, 1.165) is 11.1 Å². The molecule has 0 radical (unpaired) electrons. The molecule has 2 aromatic rings. The molecule has 2 nitrogen and oxygen atoms in total. The van der Waals surface area contributed by atoms with Gasteiger partial charge in [0, 0.05) is 41.0 Å². The van der Waals surface area contributed by atoms with Gasteiger partial charge in [-0.25, -0.2) is 8.78 Å². The van der Waals surface area contributed by atoms with Crippen LogP contribution >= 0.6 is 0 Å². The van der Waals surface area contributed by atoms with Gasteiger partial charge in [0.05, 0.1) is 0 Å². The minimum Gasteiger partial charge on any atom is -0.384 e. The van der Waals surface area contributed by atoms with Gasteiger partial charge in [0.25, 0.3) is 0 Å². The maximum absolute atomic E-state index is 13.3. The van der Waals surface area contributed by atoms with Crippen LogP contribution < -0.4 is 5.32 Å². The van der Waals surface area contributed by atoms with Crippen molar-refractivity contribution in [3.05, 3.63) is 53.9 Å². The maximum Gasteiger partial charge on any atom is 0.160 e. The molecule has 2 heterocycles.